The van der Waals surface area contributed by atoms with Gasteiger partial charge >= 0.3 is 6.18 Å². The number of halogens is 3. The summed E-state index contributed by atoms with van der Waals surface area (Å²) in [6, 6.07) is 5.23. The first kappa shape index (κ1) is 16.7. The molecule has 1 aliphatic heterocycles. The van der Waals surface area contributed by atoms with E-state index in [1.165, 1.54) is 29.5 Å². The van der Waals surface area contributed by atoms with Gasteiger partial charge in [-0.2, -0.15) is 18.4 Å². The molecular weight excluding hydrogens is 371 g/mol. The third kappa shape index (κ3) is 3.31. The van der Waals surface area contributed by atoms with Gasteiger partial charge in [-0.05, 0) is 17.3 Å². The first-order chi connectivity index (χ1) is 12.5. The first-order valence-corrected chi connectivity index (χ1v) is 8.47. The van der Waals surface area contributed by atoms with E-state index >= 15 is 0 Å². The number of aromatic nitrogens is 6. The SMILES string of the molecule is FC(F)(F)c1ccccc1O[C@H]1CCN(c2nnc(-c3nn[nH]n3)s2)C1. The average Bonchev–Trinajstić information content (AvgIpc) is 3.35. The van der Waals surface area contributed by atoms with Gasteiger partial charge in [0.25, 0.3) is 0 Å². The van der Waals surface area contributed by atoms with Gasteiger partial charge in [-0.3, -0.25) is 0 Å². The lowest BCUT2D eigenvalue weighted by Crippen LogP contribution is -2.25. The molecule has 12 heteroatoms. The van der Waals surface area contributed by atoms with E-state index in [2.05, 4.69) is 30.8 Å². The molecule has 136 valence electrons. The largest absolute Gasteiger partial charge is 0.488 e. The van der Waals surface area contributed by atoms with E-state index in [1.807, 2.05) is 4.90 Å². The molecule has 0 saturated carbocycles. The smallest absolute Gasteiger partial charge is 0.419 e. The summed E-state index contributed by atoms with van der Waals surface area (Å²) in [5.74, 6) is 0.191. The van der Waals surface area contributed by atoms with Crippen molar-refractivity contribution in [3.63, 3.8) is 0 Å². The Labute approximate surface area is 149 Å². The highest BCUT2D eigenvalue weighted by atomic mass is 32.1. The van der Waals surface area contributed by atoms with Gasteiger partial charge in [0.2, 0.25) is 11.0 Å². The fourth-order valence-corrected chi connectivity index (χ4v) is 3.48. The third-order valence-corrected chi connectivity index (χ3v) is 4.83. The van der Waals surface area contributed by atoms with Crippen molar-refractivity contribution in [3.05, 3.63) is 29.8 Å². The minimum atomic E-state index is -4.45. The lowest BCUT2D eigenvalue weighted by Gasteiger charge is -2.18. The second-order valence-corrected chi connectivity index (χ2v) is 6.55. The Balaban J connectivity index is 1.45. The molecule has 1 saturated heterocycles. The molecule has 1 N–H and O–H groups in total. The van der Waals surface area contributed by atoms with E-state index in [0.29, 0.717) is 35.5 Å². The van der Waals surface area contributed by atoms with Gasteiger partial charge in [-0.15, -0.1) is 20.4 Å². The number of hydrogen-bond donors (Lipinski definition) is 1. The summed E-state index contributed by atoms with van der Waals surface area (Å²) in [6.07, 6.45) is -4.23. The van der Waals surface area contributed by atoms with Crippen LogP contribution in [0.15, 0.2) is 24.3 Å². The number of tetrazole rings is 1. The summed E-state index contributed by atoms with van der Waals surface area (Å²) in [5.41, 5.74) is -0.770. The molecule has 0 radical (unpaired) electrons. The predicted molar refractivity (Wildman–Crippen MR) is 85.8 cm³/mol. The fraction of sp³-hybridized carbons (Fsp3) is 0.357. The molecule has 0 aliphatic carbocycles. The molecule has 1 aromatic carbocycles. The van der Waals surface area contributed by atoms with Crippen molar-refractivity contribution in [2.75, 3.05) is 18.0 Å². The van der Waals surface area contributed by atoms with Gasteiger partial charge in [0.05, 0.1) is 12.1 Å². The van der Waals surface area contributed by atoms with Crippen LogP contribution in [0.2, 0.25) is 0 Å². The van der Waals surface area contributed by atoms with Crippen molar-refractivity contribution in [2.45, 2.75) is 18.7 Å². The lowest BCUT2D eigenvalue weighted by molar-refractivity contribution is -0.139. The highest BCUT2D eigenvalue weighted by Crippen LogP contribution is 2.37. The van der Waals surface area contributed by atoms with Gasteiger partial charge in [0.1, 0.15) is 11.9 Å². The summed E-state index contributed by atoms with van der Waals surface area (Å²) in [5, 5.41) is 22.7. The number of para-hydroxylation sites is 1. The minimum Gasteiger partial charge on any atom is -0.488 e. The maximum absolute atomic E-state index is 13.1. The zero-order valence-electron chi connectivity index (χ0n) is 13.1. The fourth-order valence-electron chi connectivity index (χ4n) is 2.67. The topological polar surface area (TPSA) is 92.7 Å². The molecule has 26 heavy (non-hydrogen) atoms. The van der Waals surface area contributed by atoms with Gasteiger partial charge in [-0.1, -0.05) is 23.5 Å². The summed E-state index contributed by atoms with van der Waals surface area (Å²) < 4.78 is 44.8. The molecule has 1 aliphatic rings. The molecule has 0 bridgehead atoms. The van der Waals surface area contributed by atoms with E-state index in [0.717, 1.165) is 6.07 Å². The molecule has 3 aromatic rings. The number of hydrogen-bond acceptors (Lipinski definition) is 8. The first-order valence-electron chi connectivity index (χ1n) is 7.66. The molecule has 3 heterocycles. The van der Waals surface area contributed by atoms with Gasteiger partial charge in [-0.25, -0.2) is 0 Å². The molecule has 2 aromatic heterocycles. The highest BCUT2D eigenvalue weighted by molar-refractivity contribution is 7.18. The molecule has 0 amide bonds. The molecule has 8 nitrogen and oxygen atoms in total. The number of H-pyrrole nitrogens is 1. The van der Waals surface area contributed by atoms with Crippen molar-refractivity contribution in [1.29, 1.82) is 0 Å². The second-order valence-electron chi connectivity index (χ2n) is 5.59. The van der Waals surface area contributed by atoms with E-state index in [1.54, 1.807) is 0 Å². The molecule has 0 unspecified atom stereocenters. The van der Waals surface area contributed by atoms with Crippen LogP contribution in [0.1, 0.15) is 12.0 Å². The van der Waals surface area contributed by atoms with Crippen LogP contribution < -0.4 is 9.64 Å². The van der Waals surface area contributed by atoms with Crippen molar-refractivity contribution in [3.8, 4) is 16.6 Å². The monoisotopic (exact) mass is 383 g/mol. The van der Waals surface area contributed by atoms with Crippen LogP contribution in [0, 0.1) is 0 Å². The minimum absolute atomic E-state index is 0.156. The molecule has 1 fully saturated rings. The number of aromatic amines is 1. The Kier molecular flexibility index (Phi) is 4.18. The summed E-state index contributed by atoms with van der Waals surface area (Å²) in [7, 11) is 0. The number of benzene rings is 1. The zero-order valence-corrected chi connectivity index (χ0v) is 14.0. The molecule has 4 rings (SSSR count). The Morgan fingerprint density at radius 3 is 2.81 bits per heavy atom. The average molecular weight is 383 g/mol. The van der Waals surface area contributed by atoms with Crippen molar-refractivity contribution < 1.29 is 17.9 Å². The normalized spacial score (nSPS) is 17.7. The summed E-state index contributed by atoms with van der Waals surface area (Å²) in [6.45, 7) is 1.03. The van der Waals surface area contributed by atoms with Crippen molar-refractivity contribution >= 4 is 16.5 Å². The van der Waals surface area contributed by atoms with E-state index in [9.17, 15) is 13.2 Å². The quantitative estimate of drug-likeness (QED) is 0.739. The van der Waals surface area contributed by atoms with E-state index in [4.69, 9.17) is 4.74 Å². The zero-order chi connectivity index (χ0) is 18.1. The Morgan fingerprint density at radius 1 is 1.19 bits per heavy atom. The van der Waals surface area contributed by atoms with Crippen molar-refractivity contribution in [2.24, 2.45) is 0 Å². The summed E-state index contributed by atoms with van der Waals surface area (Å²) in [4.78, 5) is 1.92. The number of rotatable bonds is 4. The molecule has 1 atom stereocenters. The second kappa shape index (κ2) is 6.52. The van der Waals surface area contributed by atoms with Gasteiger partial charge in [0, 0.05) is 13.0 Å². The lowest BCUT2D eigenvalue weighted by atomic mass is 10.2. The standard InChI is InChI=1S/C14H12F3N7OS/c15-14(16,17)9-3-1-2-4-10(9)25-8-5-6-24(7-8)13-21-20-12(26-13)11-18-22-23-19-11/h1-4,8H,5-7H2,(H,18,19,22,23)/t8-/m0/s1. The van der Waals surface area contributed by atoms with Crippen LogP contribution in [-0.4, -0.2) is 50.0 Å². The third-order valence-electron chi connectivity index (χ3n) is 3.85. The van der Waals surface area contributed by atoms with Crippen LogP contribution in [0.25, 0.3) is 10.8 Å². The number of alkyl halides is 3. The Hall–Kier alpha value is -2.76. The Morgan fingerprint density at radius 2 is 2.04 bits per heavy atom. The van der Waals surface area contributed by atoms with Gasteiger partial charge < -0.3 is 9.64 Å². The number of nitrogens with one attached hydrogen (secondary N) is 1. The highest BCUT2D eigenvalue weighted by Gasteiger charge is 2.35. The van der Waals surface area contributed by atoms with E-state index < -0.39 is 11.7 Å². The summed E-state index contributed by atoms with van der Waals surface area (Å²) >= 11 is 1.29. The van der Waals surface area contributed by atoms with Crippen LogP contribution in [0.3, 0.4) is 0 Å². The number of ether oxygens (including phenoxy) is 1. The number of anilines is 1. The van der Waals surface area contributed by atoms with Crippen LogP contribution >= 0.6 is 11.3 Å². The van der Waals surface area contributed by atoms with Gasteiger partial charge in [0.15, 0.2) is 5.01 Å². The number of nitrogens with zero attached hydrogens (tertiary/aromatic N) is 6. The molecule has 0 spiro atoms. The predicted octanol–water partition coefficient (Wildman–Crippen LogP) is 2.39. The van der Waals surface area contributed by atoms with E-state index in [-0.39, 0.29) is 11.9 Å². The van der Waals surface area contributed by atoms with Crippen molar-refractivity contribution in [1.82, 2.24) is 30.8 Å². The maximum atomic E-state index is 13.1. The Bertz CT molecular complexity index is 883. The van der Waals surface area contributed by atoms with Crippen LogP contribution in [0.5, 0.6) is 5.75 Å². The maximum Gasteiger partial charge on any atom is 0.419 e. The van der Waals surface area contributed by atoms with Crippen LogP contribution in [-0.2, 0) is 6.18 Å². The molecular formula is C14H12F3N7OS. The van der Waals surface area contributed by atoms with Crippen LogP contribution in [0.4, 0.5) is 18.3 Å².